The van der Waals surface area contributed by atoms with Gasteiger partial charge in [-0.3, -0.25) is 4.79 Å². The van der Waals surface area contributed by atoms with Gasteiger partial charge in [0.05, 0.1) is 6.54 Å². The highest BCUT2D eigenvalue weighted by molar-refractivity contribution is 5.94. The number of rotatable bonds is 7. The number of hydrogen-bond donors (Lipinski definition) is 0. The van der Waals surface area contributed by atoms with Crippen LogP contribution in [0.5, 0.6) is 0 Å². The maximum atomic E-state index is 14.4. The average Bonchev–Trinajstić information content (AvgIpc) is 3.15. The number of imidazole rings is 1. The van der Waals surface area contributed by atoms with E-state index in [1.807, 2.05) is 11.5 Å². The van der Waals surface area contributed by atoms with E-state index >= 15 is 0 Å². The molecular formula is C24H20F4N4O. The van der Waals surface area contributed by atoms with Gasteiger partial charge in [-0.1, -0.05) is 37.3 Å². The SMILES string of the molecule is CCCn1c(CN(Cc2ccccc2)C(=O)c2c(F)c(F)cc(F)c2F)nc2cccnc21. The van der Waals surface area contributed by atoms with Gasteiger partial charge in [-0.2, -0.15) is 0 Å². The highest BCUT2D eigenvalue weighted by Crippen LogP contribution is 2.24. The molecule has 4 rings (SSSR count). The first-order valence-electron chi connectivity index (χ1n) is 10.4. The molecule has 0 bridgehead atoms. The summed E-state index contributed by atoms with van der Waals surface area (Å²) in [5.41, 5.74) is 0.595. The summed E-state index contributed by atoms with van der Waals surface area (Å²) in [5.74, 6) is -7.50. The lowest BCUT2D eigenvalue weighted by molar-refractivity contribution is 0.0711. The zero-order chi connectivity index (χ0) is 23.5. The van der Waals surface area contributed by atoms with Gasteiger partial charge in [0.15, 0.2) is 28.9 Å². The quantitative estimate of drug-likeness (QED) is 0.282. The molecule has 0 saturated heterocycles. The van der Waals surface area contributed by atoms with Gasteiger partial charge in [0.25, 0.3) is 5.91 Å². The highest BCUT2D eigenvalue weighted by atomic mass is 19.2. The van der Waals surface area contributed by atoms with Crippen LogP contribution in [0.3, 0.4) is 0 Å². The molecule has 2 aromatic carbocycles. The van der Waals surface area contributed by atoms with Crippen molar-refractivity contribution in [3.8, 4) is 0 Å². The van der Waals surface area contributed by atoms with Crippen molar-refractivity contribution in [2.24, 2.45) is 0 Å². The van der Waals surface area contributed by atoms with Gasteiger partial charge in [-0.05, 0) is 24.1 Å². The molecule has 0 atom stereocenters. The number of hydrogen-bond acceptors (Lipinski definition) is 3. The van der Waals surface area contributed by atoms with E-state index in [4.69, 9.17) is 0 Å². The minimum Gasteiger partial charge on any atom is -0.327 e. The van der Waals surface area contributed by atoms with E-state index in [1.54, 1.807) is 48.7 Å². The van der Waals surface area contributed by atoms with Crippen LogP contribution in [0.25, 0.3) is 11.2 Å². The summed E-state index contributed by atoms with van der Waals surface area (Å²) >= 11 is 0. The number of pyridine rings is 1. The van der Waals surface area contributed by atoms with Crippen molar-refractivity contribution in [2.75, 3.05) is 0 Å². The van der Waals surface area contributed by atoms with Gasteiger partial charge in [0, 0.05) is 25.4 Å². The van der Waals surface area contributed by atoms with E-state index in [0.717, 1.165) is 11.3 Å². The Balaban J connectivity index is 1.80. The van der Waals surface area contributed by atoms with Crippen LogP contribution >= 0.6 is 0 Å². The maximum absolute atomic E-state index is 14.4. The predicted molar refractivity (Wildman–Crippen MR) is 114 cm³/mol. The topological polar surface area (TPSA) is 51.0 Å². The maximum Gasteiger partial charge on any atom is 0.260 e. The molecule has 170 valence electrons. The molecule has 0 aliphatic heterocycles. The number of amides is 1. The molecule has 0 saturated carbocycles. The predicted octanol–water partition coefficient (Wildman–Crippen LogP) is 5.24. The van der Waals surface area contributed by atoms with E-state index in [1.165, 1.54) is 0 Å². The number of fused-ring (bicyclic) bond motifs is 1. The Morgan fingerprint density at radius 1 is 0.970 bits per heavy atom. The van der Waals surface area contributed by atoms with Gasteiger partial charge in [0.1, 0.15) is 16.9 Å². The molecule has 2 aromatic heterocycles. The van der Waals surface area contributed by atoms with Gasteiger partial charge < -0.3 is 9.47 Å². The van der Waals surface area contributed by atoms with Crippen molar-refractivity contribution in [2.45, 2.75) is 33.0 Å². The second-order valence-corrected chi connectivity index (χ2v) is 7.52. The zero-order valence-corrected chi connectivity index (χ0v) is 17.7. The molecule has 0 radical (unpaired) electrons. The zero-order valence-electron chi connectivity index (χ0n) is 17.7. The van der Waals surface area contributed by atoms with Crippen LogP contribution in [0.1, 0.15) is 35.1 Å². The lowest BCUT2D eigenvalue weighted by Crippen LogP contribution is -2.33. The lowest BCUT2D eigenvalue weighted by atomic mass is 10.1. The number of carbonyl (C=O) groups is 1. The lowest BCUT2D eigenvalue weighted by Gasteiger charge is -2.24. The largest absolute Gasteiger partial charge is 0.327 e. The molecule has 0 aliphatic rings. The van der Waals surface area contributed by atoms with Gasteiger partial charge in [-0.25, -0.2) is 27.5 Å². The van der Waals surface area contributed by atoms with Crippen LogP contribution < -0.4 is 0 Å². The van der Waals surface area contributed by atoms with Crippen molar-refractivity contribution in [3.05, 3.63) is 94.9 Å². The Morgan fingerprint density at radius 2 is 1.67 bits per heavy atom. The summed E-state index contributed by atoms with van der Waals surface area (Å²) < 4.78 is 58.3. The van der Waals surface area contributed by atoms with Crippen molar-refractivity contribution in [1.29, 1.82) is 0 Å². The number of aromatic nitrogens is 3. The highest BCUT2D eigenvalue weighted by Gasteiger charge is 2.29. The van der Waals surface area contributed by atoms with Crippen LogP contribution in [0.2, 0.25) is 0 Å². The van der Waals surface area contributed by atoms with Crippen molar-refractivity contribution < 1.29 is 22.4 Å². The van der Waals surface area contributed by atoms with Crippen LogP contribution in [0.15, 0.2) is 54.7 Å². The molecule has 1 amide bonds. The average molecular weight is 456 g/mol. The van der Waals surface area contributed by atoms with Crippen LogP contribution in [-0.2, 0) is 19.6 Å². The van der Waals surface area contributed by atoms with E-state index in [9.17, 15) is 22.4 Å². The van der Waals surface area contributed by atoms with Gasteiger partial charge in [0.2, 0.25) is 0 Å². The molecule has 0 aliphatic carbocycles. The smallest absolute Gasteiger partial charge is 0.260 e. The molecule has 5 nitrogen and oxygen atoms in total. The Labute approximate surface area is 187 Å². The first-order valence-corrected chi connectivity index (χ1v) is 10.4. The number of benzene rings is 2. The van der Waals surface area contributed by atoms with Crippen LogP contribution in [0.4, 0.5) is 17.6 Å². The van der Waals surface area contributed by atoms with Crippen molar-refractivity contribution in [3.63, 3.8) is 0 Å². The van der Waals surface area contributed by atoms with E-state index in [2.05, 4.69) is 9.97 Å². The van der Waals surface area contributed by atoms with E-state index in [0.29, 0.717) is 29.1 Å². The summed E-state index contributed by atoms with van der Waals surface area (Å²) in [5, 5.41) is 0. The Hall–Kier alpha value is -3.75. The van der Waals surface area contributed by atoms with Gasteiger partial charge in [-0.15, -0.1) is 0 Å². The third-order valence-electron chi connectivity index (χ3n) is 5.19. The Kier molecular flexibility index (Phi) is 6.39. The molecule has 0 unspecified atom stereocenters. The number of halogens is 4. The summed E-state index contributed by atoms with van der Waals surface area (Å²) in [7, 11) is 0. The second kappa shape index (κ2) is 9.40. The molecular weight excluding hydrogens is 436 g/mol. The normalized spacial score (nSPS) is 11.2. The first kappa shape index (κ1) is 22.4. The standard InChI is InChI=1S/C24H20F4N4O/c1-2-11-32-19(30-18-9-6-10-29-23(18)32)14-31(13-15-7-4-3-5-8-15)24(33)20-21(27)16(25)12-17(26)22(20)28/h3-10,12H,2,11,13-14H2,1H3. The number of carbonyl (C=O) groups excluding carboxylic acids is 1. The minimum atomic E-state index is -1.74. The molecule has 0 fully saturated rings. The molecule has 0 N–H and O–H groups in total. The minimum absolute atomic E-state index is 0.0561. The molecule has 0 spiro atoms. The molecule has 2 heterocycles. The molecule has 9 heteroatoms. The Bertz CT molecular complexity index is 1280. The monoisotopic (exact) mass is 456 g/mol. The summed E-state index contributed by atoms with van der Waals surface area (Å²) in [6.07, 6.45) is 2.37. The van der Waals surface area contributed by atoms with Crippen molar-refractivity contribution >= 4 is 17.1 Å². The van der Waals surface area contributed by atoms with E-state index in [-0.39, 0.29) is 19.2 Å². The van der Waals surface area contributed by atoms with Crippen LogP contribution in [-0.4, -0.2) is 25.3 Å². The van der Waals surface area contributed by atoms with Gasteiger partial charge >= 0.3 is 0 Å². The number of nitrogens with zero attached hydrogens (tertiary/aromatic N) is 4. The first-order chi connectivity index (χ1) is 15.9. The fraction of sp³-hybridized carbons (Fsp3) is 0.208. The fourth-order valence-electron chi connectivity index (χ4n) is 3.68. The second-order valence-electron chi connectivity index (χ2n) is 7.52. The summed E-state index contributed by atoms with van der Waals surface area (Å²) in [4.78, 5) is 23.2. The molecule has 4 aromatic rings. The third-order valence-corrected chi connectivity index (χ3v) is 5.19. The number of aryl methyl sites for hydroxylation is 1. The van der Waals surface area contributed by atoms with Crippen molar-refractivity contribution in [1.82, 2.24) is 19.4 Å². The Morgan fingerprint density at radius 3 is 2.33 bits per heavy atom. The summed E-state index contributed by atoms with van der Waals surface area (Å²) in [6.45, 7) is 2.31. The fourth-order valence-corrected chi connectivity index (χ4v) is 3.68. The summed E-state index contributed by atoms with van der Waals surface area (Å²) in [6, 6.07) is 12.3. The van der Waals surface area contributed by atoms with Crippen LogP contribution in [0, 0.1) is 23.3 Å². The third kappa shape index (κ3) is 4.44. The van der Waals surface area contributed by atoms with E-state index < -0.39 is 34.7 Å². The molecule has 33 heavy (non-hydrogen) atoms.